The zero-order valence-electron chi connectivity index (χ0n) is 13.2. The molecule has 0 aliphatic carbocycles. The summed E-state index contributed by atoms with van der Waals surface area (Å²) in [5.74, 6) is 1.09. The largest absolute Gasteiger partial charge is 0.350 e. The summed E-state index contributed by atoms with van der Waals surface area (Å²) >= 11 is 1.86. The first-order valence-electron chi connectivity index (χ1n) is 7.69. The van der Waals surface area contributed by atoms with Gasteiger partial charge in [-0.3, -0.25) is 0 Å². The number of nitrogens with zero attached hydrogens (tertiary/aromatic N) is 3. The Morgan fingerprint density at radius 3 is 2.70 bits per heavy atom. The lowest BCUT2D eigenvalue weighted by Gasteiger charge is -2.10. The molecule has 3 nitrogen and oxygen atoms in total. The number of rotatable bonds is 3. The molecule has 4 heteroatoms. The molecular weight excluding hydrogens is 302 g/mol. The number of aryl methyl sites for hydroxylation is 1. The number of hydrogen-bond donors (Lipinski definition) is 0. The van der Waals surface area contributed by atoms with Crippen molar-refractivity contribution in [2.75, 3.05) is 5.75 Å². The van der Waals surface area contributed by atoms with E-state index >= 15 is 0 Å². The van der Waals surface area contributed by atoms with Gasteiger partial charge in [0.25, 0.3) is 0 Å². The smallest absolute Gasteiger partial charge is 0.116 e. The number of thioether (sulfide) groups is 1. The van der Waals surface area contributed by atoms with Crippen LogP contribution in [0.2, 0.25) is 0 Å². The summed E-state index contributed by atoms with van der Waals surface area (Å²) in [6, 6.07) is 13.1. The van der Waals surface area contributed by atoms with Crippen molar-refractivity contribution in [3.05, 3.63) is 55.1 Å². The highest BCUT2D eigenvalue weighted by atomic mass is 32.2. The van der Waals surface area contributed by atoms with Gasteiger partial charge in [-0.05, 0) is 35.6 Å². The van der Waals surface area contributed by atoms with Crippen LogP contribution in [-0.2, 0) is 7.05 Å². The maximum absolute atomic E-state index is 4.45. The average Bonchev–Trinajstić information content (AvgIpc) is 2.98. The van der Waals surface area contributed by atoms with Gasteiger partial charge in [-0.2, -0.15) is 0 Å². The van der Waals surface area contributed by atoms with Gasteiger partial charge < -0.3 is 4.57 Å². The lowest BCUT2D eigenvalue weighted by atomic mass is 10.0. The van der Waals surface area contributed by atoms with Gasteiger partial charge in [0.05, 0.1) is 11.0 Å². The van der Waals surface area contributed by atoms with E-state index in [1.807, 2.05) is 18.0 Å². The summed E-state index contributed by atoms with van der Waals surface area (Å²) < 4.78 is 2.17. The van der Waals surface area contributed by atoms with Gasteiger partial charge >= 0.3 is 0 Å². The van der Waals surface area contributed by atoms with Crippen molar-refractivity contribution in [3.8, 4) is 11.1 Å². The highest BCUT2D eigenvalue weighted by molar-refractivity contribution is 7.99. The SMILES string of the molecule is CCSc1ccc(-c2cc3ncncc3c3ccn(C)c23)cc1. The highest BCUT2D eigenvalue weighted by Gasteiger charge is 2.12. The molecule has 0 spiro atoms. The first-order valence-corrected chi connectivity index (χ1v) is 8.67. The fraction of sp³-hybridized carbons (Fsp3) is 0.158. The van der Waals surface area contributed by atoms with Crippen molar-refractivity contribution in [3.63, 3.8) is 0 Å². The van der Waals surface area contributed by atoms with E-state index < -0.39 is 0 Å². The molecule has 0 fully saturated rings. The Balaban J connectivity index is 1.99. The molecule has 23 heavy (non-hydrogen) atoms. The second kappa shape index (κ2) is 5.70. The van der Waals surface area contributed by atoms with Crippen molar-refractivity contribution in [1.82, 2.24) is 14.5 Å². The second-order valence-corrected chi connectivity index (χ2v) is 6.86. The lowest BCUT2D eigenvalue weighted by molar-refractivity contribution is 0.970. The predicted octanol–water partition coefficient (Wildman–Crippen LogP) is 4.90. The number of fused-ring (bicyclic) bond motifs is 3. The molecule has 4 aromatic rings. The minimum Gasteiger partial charge on any atom is -0.350 e. The Hall–Kier alpha value is -2.33. The van der Waals surface area contributed by atoms with Crippen molar-refractivity contribution >= 4 is 33.6 Å². The van der Waals surface area contributed by atoms with Gasteiger partial charge in [-0.1, -0.05) is 19.1 Å². The van der Waals surface area contributed by atoms with Crippen molar-refractivity contribution in [2.45, 2.75) is 11.8 Å². The summed E-state index contributed by atoms with van der Waals surface area (Å²) in [6.07, 6.45) is 5.61. The van der Waals surface area contributed by atoms with E-state index in [0.29, 0.717) is 0 Å². The molecule has 114 valence electrons. The number of benzene rings is 2. The van der Waals surface area contributed by atoms with E-state index in [0.717, 1.165) is 16.7 Å². The van der Waals surface area contributed by atoms with Crippen LogP contribution in [0.15, 0.2) is 60.0 Å². The minimum absolute atomic E-state index is 0.987. The third kappa shape index (κ3) is 2.39. The van der Waals surface area contributed by atoms with Gasteiger partial charge in [-0.25, -0.2) is 9.97 Å². The Labute approximate surface area is 139 Å². The van der Waals surface area contributed by atoms with Crippen LogP contribution < -0.4 is 0 Å². The van der Waals surface area contributed by atoms with E-state index in [9.17, 15) is 0 Å². The van der Waals surface area contributed by atoms with Crippen LogP contribution in [0, 0.1) is 0 Å². The maximum atomic E-state index is 4.45. The Kier molecular flexibility index (Phi) is 3.54. The van der Waals surface area contributed by atoms with E-state index in [1.54, 1.807) is 6.33 Å². The summed E-state index contributed by atoms with van der Waals surface area (Å²) in [7, 11) is 2.09. The molecule has 0 saturated carbocycles. The van der Waals surface area contributed by atoms with Crippen LogP contribution >= 0.6 is 11.8 Å². The van der Waals surface area contributed by atoms with E-state index in [1.165, 1.54) is 26.9 Å². The van der Waals surface area contributed by atoms with Crippen LogP contribution in [0.1, 0.15) is 6.92 Å². The van der Waals surface area contributed by atoms with Gasteiger partial charge in [0, 0.05) is 40.7 Å². The minimum atomic E-state index is 0.987. The van der Waals surface area contributed by atoms with Crippen molar-refractivity contribution in [2.24, 2.45) is 7.05 Å². The molecule has 0 saturated heterocycles. The summed E-state index contributed by atoms with van der Waals surface area (Å²) in [6.45, 7) is 2.18. The van der Waals surface area contributed by atoms with Gasteiger partial charge in [0.1, 0.15) is 6.33 Å². The first-order chi connectivity index (χ1) is 11.3. The standard InChI is InChI=1S/C19H17N3S/c1-3-23-14-6-4-13(5-7-14)16-10-18-17(11-20-12-21-18)15-8-9-22(2)19(15)16/h4-12H,3H2,1-2H3. The Morgan fingerprint density at radius 2 is 1.91 bits per heavy atom. The highest BCUT2D eigenvalue weighted by Crippen LogP contribution is 2.35. The van der Waals surface area contributed by atoms with Crippen LogP contribution in [0.3, 0.4) is 0 Å². The fourth-order valence-corrected chi connectivity index (χ4v) is 3.73. The van der Waals surface area contributed by atoms with Crippen LogP contribution in [0.25, 0.3) is 32.9 Å². The van der Waals surface area contributed by atoms with E-state index in [4.69, 9.17) is 0 Å². The molecule has 0 amide bonds. The maximum Gasteiger partial charge on any atom is 0.116 e. The molecule has 4 rings (SSSR count). The fourth-order valence-electron chi connectivity index (χ4n) is 3.07. The third-order valence-corrected chi connectivity index (χ3v) is 5.01. The monoisotopic (exact) mass is 319 g/mol. The van der Waals surface area contributed by atoms with E-state index in [2.05, 4.69) is 71.1 Å². The zero-order chi connectivity index (χ0) is 15.8. The normalized spacial score (nSPS) is 11.4. The van der Waals surface area contributed by atoms with Crippen molar-refractivity contribution in [1.29, 1.82) is 0 Å². The molecule has 2 aromatic heterocycles. The number of aromatic nitrogens is 3. The Bertz CT molecular complexity index is 987. The summed E-state index contributed by atoms with van der Waals surface area (Å²) in [5.41, 5.74) is 4.65. The molecule has 0 radical (unpaired) electrons. The molecule has 2 heterocycles. The van der Waals surface area contributed by atoms with Gasteiger partial charge in [0.2, 0.25) is 0 Å². The average molecular weight is 319 g/mol. The first kappa shape index (κ1) is 14.3. The van der Waals surface area contributed by atoms with Crippen LogP contribution in [0.5, 0.6) is 0 Å². The molecule has 2 aromatic carbocycles. The molecule has 0 bridgehead atoms. The van der Waals surface area contributed by atoms with Crippen molar-refractivity contribution < 1.29 is 0 Å². The molecule has 0 aliphatic rings. The molecule has 0 atom stereocenters. The quantitative estimate of drug-likeness (QED) is 0.503. The number of hydrogen-bond acceptors (Lipinski definition) is 3. The van der Waals surface area contributed by atoms with Gasteiger partial charge in [-0.15, -0.1) is 11.8 Å². The van der Waals surface area contributed by atoms with Crippen LogP contribution in [0.4, 0.5) is 0 Å². The predicted molar refractivity (Wildman–Crippen MR) is 97.8 cm³/mol. The van der Waals surface area contributed by atoms with E-state index in [-0.39, 0.29) is 0 Å². The van der Waals surface area contributed by atoms with Gasteiger partial charge in [0.15, 0.2) is 0 Å². The van der Waals surface area contributed by atoms with Crippen LogP contribution in [-0.4, -0.2) is 20.3 Å². The molecule has 0 N–H and O–H groups in total. The summed E-state index contributed by atoms with van der Waals surface area (Å²) in [4.78, 5) is 9.94. The third-order valence-electron chi connectivity index (χ3n) is 4.12. The lowest BCUT2D eigenvalue weighted by Crippen LogP contribution is -1.91. The topological polar surface area (TPSA) is 30.7 Å². The summed E-state index contributed by atoms with van der Waals surface area (Å²) in [5, 5.41) is 2.30. The zero-order valence-corrected chi connectivity index (χ0v) is 14.0. The molecule has 0 unspecified atom stereocenters. The molecular formula is C19H17N3S. The molecule has 0 aliphatic heterocycles. The second-order valence-electron chi connectivity index (χ2n) is 5.53. The Morgan fingerprint density at radius 1 is 1.09 bits per heavy atom.